The zero-order valence-electron chi connectivity index (χ0n) is 17.0. The van der Waals surface area contributed by atoms with Gasteiger partial charge in [0.15, 0.2) is 11.3 Å². The number of amides is 1. The molecule has 1 unspecified atom stereocenters. The van der Waals surface area contributed by atoms with E-state index >= 15 is 0 Å². The Morgan fingerprint density at radius 3 is 2.66 bits per heavy atom. The number of fused-ring (bicyclic) bond motifs is 1. The highest BCUT2D eigenvalue weighted by Gasteiger charge is 2.19. The van der Waals surface area contributed by atoms with Crippen LogP contribution in [0.3, 0.4) is 0 Å². The molecule has 4 aromatic heterocycles. The Labute approximate surface area is 168 Å². The van der Waals surface area contributed by atoms with Gasteiger partial charge in [-0.1, -0.05) is 0 Å². The summed E-state index contributed by atoms with van der Waals surface area (Å²) in [6.45, 7) is 9.56. The predicted octanol–water partition coefficient (Wildman–Crippen LogP) is 2.63. The summed E-state index contributed by atoms with van der Waals surface area (Å²) in [5.74, 6) is -0.251. The topological polar surface area (TPSA) is 94.9 Å². The lowest BCUT2D eigenvalue weighted by Gasteiger charge is -2.14. The summed E-state index contributed by atoms with van der Waals surface area (Å²) in [6, 6.07) is 5.30. The number of aryl methyl sites for hydroxylation is 2. The van der Waals surface area contributed by atoms with E-state index in [1.165, 1.54) is 0 Å². The number of carbonyl (C=O) groups excluding carboxylic acids is 1. The molecular formula is C20H24N8O. The molecule has 0 saturated carbocycles. The number of nitrogens with one attached hydrogen (secondary N) is 1. The van der Waals surface area contributed by atoms with Crippen LogP contribution in [0.4, 0.5) is 0 Å². The van der Waals surface area contributed by atoms with E-state index in [0.29, 0.717) is 11.3 Å². The van der Waals surface area contributed by atoms with E-state index in [4.69, 9.17) is 0 Å². The quantitative estimate of drug-likeness (QED) is 0.544. The highest BCUT2D eigenvalue weighted by atomic mass is 16.2. The first kappa shape index (κ1) is 18.9. The molecule has 0 bridgehead atoms. The van der Waals surface area contributed by atoms with Gasteiger partial charge in [0.05, 0.1) is 23.6 Å². The Morgan fingerprint density at radius 1 is 1.14 bits per heavy atom. The van der Waals surface area contributed by atoms with Gasteiger partial charge in [-0.15, -0.1) is 0 Å². The highest BCUT2D eigenvalue weighted by Crippen LogP contribution is 2.23. The standard InChI is InChI=1S/C20H24N8O/c1-5-26-14(4)15(12-23-26)18-7-9-21-19-11-16(25-28(18)19)20(29)24-13(3)17-8-10-22-27(17)6-2/h7-13H,5-6H2,1-4H3,(H,24,29). The first-order chi connectivity index (χ1) is 14.0. The van der Waals surface area contributed by atoms with Gasteiger partial charge in [-0.05, 0) is 39.8 Å². The molecule has 1 amide bonds. The van der Waals surface area contributed by atoms with Crippen LogP contribution in [-0.4, -0.2) is 40.1 Å². The van der Waals surface area contributed by atoms with Crippen molar-refractivity contribution in [2.45, 2.75) is 46.8 Å². The maximum atomic E-state index is 12.8. The van der Waals surface area contributed by atoms with Crippen LogP contribution in [0.15, 0.2) is 36.8 Å². The van der Waals surface area contributed by atoms with Crippen molar-refractivity contribution in [2.24, 2.45) is 0 Å². The molecule has 9 nitrogen and oxygen atoms in total. The van der Waals surface area contributed by atoms with E-state index in [1.807, 2.05) is 55.4 Å². The molecule has 0 aromatic carbocycles. The van der Waals surface area contributed by atoms with E-state index in [-0.39, 0.29) is 11.9 Å². The fourth-order valence-corrected chi connectivity index (χ4v) is 3.55. The monoisotopic (exact) mass is 392 g/mol. The van der Waals surface area contributed by atoms with Crippen molar-refractivity contribution in [3.63, 3.8) is 0 Å². The van der Waals surface area contributed by atoms with E-state index in [1.54, 1.807) is 23.0 Å². The minimum Gasteiger partial charge on any atom is -0.343 e. The SMILES string of the molecule is CCn1nccc1C(C)NC(=O)c1cc2nccc(-c3cnn(CC)c3C)n2n1. The van der Waals surface area contributed by atoms with Crippen molar-refractivity contribution >= 4 is 11.6 Å². The average Bonchev–Trinajstić information content (AvgIpc) is 3.44. The zero-order chi connectivity index (χ0) is 20.5. The van der Waals surface area contributed by atoms with Crippen LogP contribution in [0.5, 0.6) is 0 Å². The smallest absolute Gasteiger partial charge is 0.272 e. The zero-order valence-corrected chi connectivity index (χ0v) is 17.0. The molecule has 0 saturated heterocycles. The van der Waals surface area contributed by atoms with Gasteiger partial charge in [0, 0.05) is 42.8 Å². The van der Waals surface area contributed by atoms with Crippen LogP contribution in [0.25, 0.3) is 16.9 Å². The molecular weight excluding hydrogens is 368 g/mol. The summed E-state index contributed by atoms with van der Waals surface area (Å²) in [4.78, 5) is 17.2. The van der Waals surface area contributed by atoms with Crippen LogP contribution in [0.2, 0.25) is 0 Å². The average molecular weight is 392 g/mol. The van der Waals surface area contributed by atoms with Crippen LogP contribution >= 0.6 is 0 Å². The third kappa shape index (κ3) is 3.28. The summed E-state index contributed by atoms with van der Waals surface area (Å²) in [5.41, 5.74) is 4.74. The summed E-state index contributed by atoms with van der Waals surface area (Å²) >= 11 is 0. The van der Waals surface area contributed by atoms with Crippen LogP contribution in [0.1, 0.15) is 48.7 Å². The summed E-state index contributed by atoms with van der Waals surface area (Å²) in [6.07, 6.45) is 5.28. The first-order valence-corrected chi connectivity index (χ1v) is 9.73. The number of nitrogens with zero attached hydrogens (tertiary/aromatic N) is 7. The number of aromatic nitrogens is 7. The van der Waals surface area contributed by atoms with Crippen molar-refractivity contribution in [3.8, 4) is 11.3 Å². The van der Waals surface area contributed by atoms with Gasteiger partial charge in [0.2, 0.25) is 0 Å². The van der Waals surface area contributed by atoms with Crippen molar-refractivity contribution < 1.29 is 4.79 Å². The molecule has 4 rings (SSSR count). The maximum absolute atomic E-state index is 12.8. The van der Waals surface area contributed by atoms with Crippen molar-refractivity contribution in [1.82, 2.24) is 39.5 Å². The third-order valence-electron chi connectivity index (χ3n) is 5.11. The molecule has 1 atom stereocenters. The van der Waals surface area contributed by atoms with E-state index in [0.717, 1.165) is 35.7 Å². The molecule has 0 aliphatic heterocycles. The normalized spacial score (nSPS) is 12.4. The number of rotatable bonds is 6. The van der Waals surface area contributed by atoms with Gasteiger partial charge in [0.1, 0.15) is 0 Å². The lowest BCUT2D eigenvalue weighted by Crippen LogP contribution is -2.28. The summed E-state index contributed by atoms with van der Waals surface area (Å²) < 4.78 is 5.49. The second kappa shape index (κ2) is 7.50. The fraction of sp³-hybridized carbons (Fsp3) is 0.350. The largest absolute Gasteiger partial charge is 0.343 e. The lowest BCUT2D eigenvalue weighted by molar-refractivity contribution is 0.0933. The Bertz CT molecular complexity index is 1170. The Kier molecular flexibility index (Phi) is 4.87. The van der Waals surface area contributed by atoms with E-state index in [2.05, 4.69) is 25.6 Å². The van der Waals surface area contributed by atoms with Crippen molar-refractivity contribution in [2.75, 3.05) is 0 Å². The molecule has 1 N–H and O–H groups in total. The van der Waals surface area contributed by atoms with Crippen LogP contribution in [-0.2, 0) is 13.1 Å². The number of hydrogen-bond donors (Lipinski definition) is 1. The minimum absolute atomic E-state index is 0.188. The molecule has 9 heteroatoms. The fourth-order valence-electron chi connectivity index (χ4n) is 3.55. The van der Waals surface area contributed by atoms with Crippen molar-refractivity contribution in [1.29, 1.82) is 0 Å². The summed E-state index contributed by atoms with van der Waals surface area (Å²) in [5, 5.41) is 16.2. The van der Waals surface area contributed by atoms with Gasteiger partial charge >= 0.3 is 0 Å². The molecule has 0 spiro atoms. The number of hydrogen-bond acceptors (Lipinski definition) is 5. The molecule has 0 radical (unpaired) electrons. The Morgan fingerprint density at radius 2 is 1.93 bits per heavy atom. The van der Waals surface area contributed by atoms with Gasteiger partial charge in [0.25, 0.3) is 5.91 Å². The second-order valence-electron chi connectivity index (χ2n) is 6.86. The first-order valence-electron chi connectivity index (χ1n) is 9.73. The lowest BCUT2D eigenvalue weighted by atomic mass is 10.2. The van der Waals surface area contributed by atoms with Gasteiger partial charge in [-0.25, -0.2) is 9.50 Å². The second-order valence-corrected chi connectivity index (χ2v) is 6.86. The molecule has 4 heterocycles. The molecule has 0 fully saturated rings. The van der Waals surface area contributed by atoms with Gasteiger partial charge in [-0.3, -0.25) is 14.2 Å². The molecule has 0 aliphatic carbocycles. The molecule has 150 valence electrons. The van der Waals surface area contributed by atoms with Crippen LogP contribution < -0.4 is 5.32 Å². The van der Waals surface area contributed by atoms with Crippen LogP contribution in [0, 0.1) is 6.92 Å². The Hall–Kier alpha value is -3.49. The third-order valence-corrected chi connectivity index (χ3v) is 5.11. The highest BCUT2D eigenvalue weighted by molar-refractivity contribution is 5.93. The Balaban J connectivity index is 1.65. The summed E-state index contributed by atoms with van der Waals surface area (Å²) in [7, 11) is 0. The minimum atomic E-state index is -0.251. The predicted molar refractivity (Wildman–Crippen MR) is 108 cm³/mol. The molecule has 0 aliphatic rings. The van der Waals surface area contributed by atoms with E-state index in [9.17, 15) is 4.79 Å². The maximum Gasteiger partial charge on any atom is 0.272 e. The number of carbonyl (C=O) groups is 1. The van der Waals surface area contributed by atoms with E-state index < -0.39 is 0 Å². The molecule has 29 heavy (non-hydrogen) atoms. The van der Waals surface area contributed by atoms with Gasteiger partial charge < -0.3 is 5.32 Å². The molecule has 4 aromatic rings. The van der Waals surface area contributed by atoms with Gasteiger partial charge in [-0.2, -0.15) is 15.3 Å². The van der Waals surface area contributed by atoms with Crippen molar-refractivity contribution in [3.05, 3.63) is 53.9 Å².